The molecule has 0 amide bonds. The van der Waals surface area contributed by atoms with Crippen LogP contribution in [0.4, 0.5) is 4.39 Å². The van der Waals surface area contributed by atoms with Crippen molar-refractivity contribution >= 4 is 5.96 Å². The average Bonchev–Trinajstić information content (AvgIpc) is 2.59. The third-order valence-electron chi connectivity index (χ3n) is 3.79. The Balaban J connectivity index is 2.62. The molecule has 0 aliphatic rings. The molecule has 0 aliphatic heterocycles. The van der Waals surface area contributed by atoms with Crippen LogP contribution in [0.2, 0.25) is 0 Å². The van der Waals surface area contributed by atoms with Gasteiger partial charge in [-0.2, -0.15) is 0 Å². The summed E-state index contributed by atoms with van der Waals surface area (Å²) < 4.78 is 13.4. The second-order valence-corrected chi connectivity index (χ2v) is 5.81. The zero-order valence-corrected chi connectivity index (χ0v) is 14.9. The number of unbranched alkanes of at least 4 members (excludes halogenated alkanes) is 3. The fourth-order valence-corrected chi connectivity index (χ4v) is 2.40. The Morgan fingerprint density at radius 1 is 1.38 bits per heavy atom. The molecule has 4 nitrogen and oxygen atoms in total. The van der Waals surface area contributed by atoms with Gasteiger partial charge in [0.15, 0.2) is 5.96 Å². The molecule has 1 aromatic rings. The number of hydrogen-bond acceptors (Lipinski definition) is 2. The van der Waals surface area contributed by atoms with Crippen LogP contribution >= 0.6 is 0 Å². The number of hydrogen-bond donors (Lipinski definition) is 2. The summed E-state index contributed by atoms with van der Waals surface area (Å²) in [6.45, 7) is 7.67. The van der Waals surface area contributed by atoms with Crippen molar-refractivity contribution in [3.05, 3.63) is 47.8 Å². The molecule has 0 atom stereocenters. The van der Waals surface area contributed by atoms with Gasteiger partial charge in [0.1, 0.15) is 5.82 Å². The normalized spacial score (nSPS) is 11.4. The predicted molar refractivity (Wildman–Crippen MR) is 98.4 cm³/mol. The predicted octanol–water partition coefficient (Wildman–Crippen LogP) is 3.46. The highest BCUT2D eigenvalue weighted by atomic mass is 19.1. The number of aliphatic hydroxyl groups is 1. The first-order valence-corrected chi connectivity index (χ1v) is 8.60. The highest BCUT2D eigenvalue weighted by Crippen LogP contribution is 2.12. The van der Waals surface area contributed by atoms with Gasteiger partial charge in [0.25, 0.3) is 0 Å². The van der Waals surface area contributed by atoms with E-state index in [1.54, 1.807) is 12.1 Å². The minimum Gasteiger partial charge on any atom is -0.392 e. The van der Waals surface area contributed by atoms with E-state index in [1.807, 2.05) is 20.0 Å². The summed E-state index contributed by atoms with van der Waals surface area (Å²) in [4.78, 5) is 6.73. The van der Waals surface area contributed by atoms with Gasteiger partial charge in [-0.3, -0.25) is 0 Å². The van der Waals surface area contributed by atoms with Crippen molar-refractivity contribution in [2.24, 2.45) is 4.99 Å². The summed E-state index contributed by atoms with van der Waals surface area (Å²) in [5.74, 6) is 0.463. The van der Waals surface area contributed by atoms with E-state index in [0.29, 0.717) is 12.1 Å². The van der Waals surface area contributed by atoms with Gasteiger partial charge >= 0.3 is 0 Å². The summed E-state index contributed by atoms with van der Waals surface area (Å²) >= 11 is 0. The van der Waals surface area contributed by atoms with E-state index in [0.717, 1.165) is 37.5 Å². The molecule has 0 aromatic heterocycles. The van der Waals surface area contributed by atoms with E-state index in [9.17, 15) is 4.39 Å². The quantitative estimate of drug-likeness (QED) is 0.298. The molecule has 2 N–H and O–H groups in total. The minimum absolute atomic E-state index is 0.298. The molecule has 134 valence electrons. The zero-order chi connectivity index (χ0) is 17.8. The van der Waals surface area contributed by atoms with Gasteiger partial charge in [0.2, 0.25) is 0 Å². The Hall–Kier alpha value is -1.88. The van der Waals surface area contributed by atoms with E-state index < -0.39 is 0 Å². The van der Waals surface area contributed by atoms with Crippen LogP contribution in [0.5, 0.6) is 0 Å². The molecule has 0 spiro atoms. The molecule has 0 saturated heterocycles. The van der Waals surface area contributed by atoms with Gasteiger partial charge in [-0.25, -0.2) is 9.38 Å². The lowest BCUT2D eigenvalue weighted by Gasteiger charge is -2.22. The SMILES string of the molecule is C=CCCCCCN(C)C(=NCc1ccc(F)c(CO)c1)NCC. The number of allylic oxidation sites excluding steroid dienone is 1. The molecule has 0 aliphatic carbocycles. The monoisotopic (exact) mass is 335 g/mol. The number of nitrogens with one attached hydrogen (secondary N) is 1. The van der Waals surface area contributed by atoms with E-state index in [4.69, 9.17) is 5.11 Å². The number of halogens is 1. The number of guanidine groups is 1. The number of aliphatic imine (C=N–C) groups is 1. The van der Waals surface area contributed by atoms with Crippen LogP contribution in [0.15, 0.2) is 35.8 Å². The molecule has 1 aromatic carbocycles. The van der Waals surface area contributed by atoms with Crippen molar-refractivity contribution in [3.8, 4) is 0 Å². The second kappa shape index (κ2) is 11.6. The lowest BCUT2D eigenvalue weighted by molar-refractivity contribution is 0.275. The zero-order valence-electron chi connectivity index (χ0n) is 14.9. The molecule has 0 radical (unpaired) electrons. The molecule has 24 heavy (non-hydrogen) atoms. The fraction of sp³-hybridized carbons (Fsp3) is 0.526. The number of benzene rings is 1. The van der Waals surface area contributed by atoms with Gasteiger partial charge < -0.3 is 15.3 Å². The molecule has 0 bridgehead atoms. The first-order chi connectivity index (χ1) is 11.6. The Labute approximate surface area is 145 Å². The summed E-state index contributed by atoms with van der Waals surface area (Å²) in [5, 5.41) is 12.4. The van der Waals surface area contributed by atoms with Gasteiger partial charge in [-0.15, -0.1) is 6.58 Å². The average molecular weight is 335 g/mol. The lowest BCUT2D eigenvalue weighted by Crippen LogP contribution is -2.39. The molecular weight excluding hydrogens is 305 g/mol. The van der Waals surface area contributed by atoms with Crippen LogP contribution in [-0.2, 0) is 13.2 Å². The van der Waals surface area contributed by atoms with Crippen LogP contribution in [0.25, 0.3) is 0 Å². The lowest BCUT2D eigenvalue weighted by atomic mass is 10.1. The van der Waals surface area contributed by atoms with Crippen LogP contribution < -0.4 is 5.32 Å². The Kier molecular flexibility index (Phi) is 9.77. The summed E-state index contributed by atoms with van der Waals surface area (Å²) in [5.41, 5.74) is 1.19. The molecular formula is C19H30FN3O. The number of nitrogens with zero attached hydrogens (tertiary/aromatic N) is 2. The van der Waals surface area contributed by atoms with E-state index in [1.165, 1.54) is 18.9 Å². The van der Waals surface area contributed by atoms with Crippen LogP contribution in [0, 0.1) is 5.82 Å². The van der Waals surface area contributed by atoms with E-state index >= 15 is 0 Å². The third-order valence-corrected chi connectivity index (χ3v) is 3.79. The molecule has 0 saturated carbocycles. The molecule has 5 heteroatoms. The Morgan fingerprint density at radius 2 is 2.17 bits per heavy atom. The maximum absolute atomic E-state index is 13.4. The van der Waals surface area contributed by atoms with Gasteiger partial charge in [-0.05, 0) is 43.9 Å². The van der Waals surface area contributed by atoms with Gasteiger partial charge in [0, 0.05) is 25.7 Å². The molecule has 0 unspecified atom stereocenters. The van der Waals surface area contributed by atoms with Crippen molar-refractivity contribution < 1.29 is 9.50 Å². The highest BCUT2D eigenvalue weighted by molar-refractivity contribution is 5.79. The molecule has 1 rings (SSSR count). The van der Waals surface area contributed by atoms with Crippen molar-refractivity contribution in [1.82, 2.24) is 10.2 Å². The summed E-state index contributed by atoms with van der Waals surface area (Å²) in [6.07, 6.45) is 6.48. The highest BCUT2D eigenvalue weighted by Gasteiger charge is 2.06. The first-order valence-electron chi connectivity index (χ1n) is 8.60. The Morgan fingerprint density at radius 3 is 2.83 bits per heavy atom. The van der Waals surface area contributed by atoms with Crippen LogP contribution in [0.1, 0.15) is 43.7 Å². The van der Waals surface area contributed by atoms with Gasteiger partial charge in [0.05, 0.1) is 13.2 Å². The summed E-state index contributed by atoms with van der Waals surface area (Å²) in [6, 6.07) is 4.75. The summed E-state index contributed by atoms with van der Waals surface area (Å²) in [7, 11) is 2.03. The third kappa shape index (κ3) is 7.13. The smallest absolute Gasteiger partial charge is 0.193 e. The topological polar surface area (TPSA) is 47.9 Å². The van der Waals surface area contributed by atoms with Gasteiger partial charge in [-0.1, -0.05) is 18.6 Å². The standard InChI is InChI=1S/C19H30FN3O/c1-4-6-7-8-9-12-23(3)19(21-5-2)22-14-16-10-11-18(20)17(13-16)15-24/h4,10-11,13,24H,1,5-9,12,14-15H2,2-3H3,(H,21,22). The second-order valence-electron chi connectivity index (χ2n) is 5.81. The number of rotatable bonds is 10. The van der Waals surface area contributed by atoms with Crippen molar-refractivity contribution in [1.29, 1.82) is 0 Å². The van der Waals surface area contributed by atoms with Crippen molar-refractivity contribution in [2.45, 2.75) is 45.8 Å². The van der Waals surface area contributed by atoms with Crippen molar-refractivity contribution in [3.63, 3.8) is 0 Å². The maximum atomic E-state index is 13.4. The largest absolute Gasteiger partial charge is 0.392 e. The first kappa shape index (κ1) is 20.2. The minimum atomic E-state index is -0.381. The van der Waals surface area contributed by atoms with Crippen molar-refractivity contribution in [2.75, 3.05) is 20.1 Å². The van der Waals surface area contributed by atoms with Crippen LogP contribution in [0.3, 0.4) is 0 Å². The maximum Gasteiger partial charge on any atom is 0.193 e. The fourth-order valence-electron chi connectivity index (χ4n) is 2.40. The Bertz CT molecular complexity index is 531. The molecule has 0 fully saturated rings. The molecule has 0 heterocycles. The van der Waals surface area contributed by atoms with E-state index in [2.05, 4.69) is 21.8 Å². The van der Waals surface area contributed by atoms with Crippen LogP contribution in [-0.4, -0.2) is 36.1 Å². The van der Waals surface area contributed by atoms with E-state index in [-0.39, 0.29) is 12.4 Å². The number of aliphatic hydroxyl groups excluding tert-OH is 1.